The van der Waals surface area contributed by atoms with Gasteiger partial charge in [-0.15, -0.1) is 0 Å². The van der Waals surface area contributed by atoms with Crippen molar-refractivity contribution in [2.24, 2.45) is 34.5 Å². The molecule has 8 heteroatoms. The Morgan fingerprint density at radius 3 is 2.12 bits per heavy atom. The van der Waals surface area contributed by atoms with Crippen molar-refractivity contribution in [3.05, 3.63) is 11.6 Å². The minimum absolute atomic E-state index is 0. The van der Waals surface area contributed by atoms with Gasteiger partial charge in [0.2, 0.25) is 0 Å². The van der Waals surface area contributed by atoms with Crippen LogP contribution in [0.15, 0.2) is 11.6 Å². The van der Waals surface area contributed by atoms with Crippen LogP contribution in [0.25, 0.3) is 0 Å². The number of carbonyl (C=O) groups excluding carboxylic acids is 2. The van der Waals surface area contributed by atoms with Gasteiger partial charge < -0.3 is 1.43 Å². The van der Waals surface area contributed by atoms with Gasteiger partial charge in [-0.05, 0) is 93.0 Å². The van der Waals surface area contributed by atoms with Crippen LogP contribution in [0, 0.1) is 34.5 Å². The molecule has 0 aliphatic heterocycles. The van der Waals surface area contributed by atoms with Crippen LogP contribution < -0.4 is 29.6 Å². The summed E-state index contributed by atoms with van der Waals surface area (Å²) in [6.45, 7) is 8.96. The monoisotopic (exact) mass is 604 g/mol. The molecule has 4 aliphatic carbocycles. The number of allylic oxidation sites excluding steroid dienone is 1. The van der Waals surface area contributed by atoms with Gasteiger partial charge in [0.25, 0.3) is 0 Å². The molecule has 3 saturated carbocycles. The maximum absolute atomic E-state index is 12.1. The summed E-state index contributed by atoms with van der Waals surface area (Å²) in [5, 5.41) is 0. The number of unbranched alkanes of at least 4 members (excludes halogenated alkanes) is 9. The zero-order chi connectivity index (χ0) is 29.4. The molecule has 6 nitrogen and oxygen atoms in total. The minimum atomic E-state index is -4.23. The first-order valence-electron chi connectivity index (χ1n) is 16.3. The van der Waals surface area contributed by atoms with E-state index in [1.807, 2.05) is 6.08 Å². The third kappa shape index (κ3) is 9.97. The molecule has 0 bridgehead atoms. The first-order chi connectivity index (χ1) is 18.9. The summed E-state index contributed by atoms with van der Waals surface area (Å²) >= 11 is 0. The van der Waals surface area contributed by atoms with Crippen LogP contribution in [0.3, 0.4) is 0 Å². The van der Waals surface area contributed by atoms with Gasteiger partial charge in [0.1, 0.15) is 5.78 Å². The average Bonchev–Trinajstić information content (AvgIpc) is 3.25. The van der Waals surface area contributed by atoms with Crippen molar-refractivity contribution in [3.8, 4) is 0 Å². The van der Waals surface area contributed by atoms with Gasteiger partial charge in [-0.1, -0.05) is 84.1 Å². The maximum atomic E-state index is 12.1. The van der Waals surface area contributed by atoms with Gasteiger partial charge >= 0.3 is 40.0 Å². The van der Waals surface area contributed by atoms with Crippen molar-refractivity contribution in [2.75, 3.05) is 6.61 Å². The van der Waals surface area contributed by atoms with E-state index in [9.17, 15) is 18.0 Å². The Morgan fingerprint density at radius 2 is 1.54 bits per heavy atom. The van der Waals surface area contributed by atoms with E-state index in [0.717, 1.165) is 56.3 Å². The van der Waals surface area contributed by atoms with E-state index in [1.165, 1.54) is 76.2 Å². The topological polar surface area (TPSA) is 97.7 Å². The van der Waals surface area contributed by atoms with Crippen molar-refractivity contribution in [2.45, 2.75) is 143 Å². The fourth-order valence-electron chi connectivity index (χ4n) is 8.98. The molecule has 4 rings (SSSR count). The molecule has 1 N–H and O–H groups in total. The van der Waals surface area contributed by atoms with Crippen LogP contribution in [0.1, 0.15) is 145 Å². The summed E-state index contributed by atoms with van der Waals surface area (Å²) in [5.41, 5.74) is 1.95. The summed E-state index contributed by atoms with van der Waals surface area (Å²) in [7, 11) is -4.23. The second-order valence-electron chi connectivity index (χ2n) is 13.7. The third-order valence-electron chi connectivity index (χ3n) is 11.2. The average molecular weight is 605 g/mol. The van der Waals surface area contributed by atoms with E-state index in [4.69, 9.17) is 4.55 Å². The Morgan fingerprint density at radius 1 is 0.927 bits per heavy atom. The Balaban J connectivity index is 0.000000422. The smallest absolute Gasteiger partial charge is 1.00 e. The maximum Gasteiger partial charge on any atom is 1.00 e. The Labute approximate surface area is 274 Å². The van der Waals surface area contributed by atoms with E-state index >= 15 is 0 Å². The number of carbonyl (C=O) groups is 2. The zero-order valence-electron chi connectivity index (χ0n) is 27.7. The first-order valence-corrected chi connectivity index (χ1v) is 17.6. The summed E-state index contributed by atoms with van der Waals surface area (Å²) < 4.78 is 33.0. The Kier molecular flexibility index (Phi) is 15.3. The predicted molar refractivity (Wildman–Crippen MR) is 161 cm³/mol. The van der Waals surface area contributed by atoms with Crippen LogP contribution in [-0.2, 0) is 24.2 Å². The SMILES string of the molecule is CC(=O)[C@H]1CCC2[C@H]3CCC4=CC(=O)CC[C@]4(C)[C@@H]3CC[C@@]21C.CCCCCCCCCCCCOS(=O)(=O)O.[H-].[Na+]. The summed E-state index contributed by atoms with van der Waals surface area (Å²) in [4.78, 5) is 24.0. The fourth-order valence-corrected chi connectivity index (χ4v) is 9.31. The number of hydrogen-bond donors (Lipinski definition) is 1. The molecule has 41 heavy (non-hydrogen) atoms. The standard InChI is InChI=1S/C21H30O2.C12H26O4S.Na.H/c1-13(22)17-6-7-18-16-5-4-14-12-15(23)8-10-20(14,2)19(16)9-11-21(17,18)3;1-2-3-4-5-6-7-8-9-10-11-12-16-17(13,14)15;;/h12,16-19H,4-11H2,1-3H3;2-12H2,1H3,(H,13,14,15);;/q;;+1;-1/t16-,17-,18?,19-,20+,21-;;;/m1.../s1. The summed E-state index contributed by atoms with van der Waals surface area (Å²) in [6.07, 6.45) is 22.8. The molecule has 0 aromatic carbocycles. The molecule has 0 radical (unpaired) electrons. The van der Waals surface area contributed by atoms with Crippen LogP contribution >= 0.6 is 0 Å². The zero-order valence-corrected chi connectivity index (χ0v) is 29.5. The molecular weight excluding hydrogens is 547 g/mol. The van der Waals surface area contributed by atoms with Gasteiger partial charge in [0.15, 0.2) is 5.78 Å². The van der Waals surface area contributed by atoms with E-state index in [1.54, 1.807) is 6.92 Å². The number of fused-ring (bicyclic) bond motifs is 5. The molecular formula is C33H57NaO6S. The van der Waals surface area contributed by atoms with Crippen LogP contribution in [0.5, 0.6) is 0 Å². The molecule has 0 aromatic rings. The van der Waals surface area contributed by atoms with Crippen LogP contribution in [-0.4, -0.2) is 31.1 Å². The van der Waals surface area contributed by atoms with Crippen LogP contribution in [0.2, 0.25) is 0 Å². The molecule has 4 aliphatic rings. The van der Waals surface area contributed by atoms with Gasteiger partial charge in [-0.2, -0.15) is 8.42 Å². The second-order valence-corrected chi connectivity index (χ2v) is 14.8. The molecule has 3 fully saturated rings. The first kappa shape index (κ1) is 37.1. The van der Waals surface area contributed by atoms with Gasteiger partial charge in [-0.3, -0.25) is 14.1 Å². The molecule has 0 saturated heterocycles. The van der Waals surface area contributed by atoms with Gasteiger partial charge in [0.05, 0.1) is 6.61 Å². The molecule has 0 spiro atoms. The Bertz CT molecular complexity index is 1000. The summed E-state index contributed by atoms with van der Waals surface area (Å²) in [5.74, 6) is 3.29. The number of ketones is 2. The minimum Gasteiger partial charge on any atom is -1.00 e. The van der Waals surface area contributed by atoms with Crippen molar-refractivity contribution < 1.29 is 57.7 Å². The fraction of sp³-hybridized carbons (Fsp3) is 0.879. The molecule has 0 aromatic heterocycles. The molecule has 0 heterocycles. The van der Waals surface area contributed by atoms with E-state index in [0.29, 0.717) is 23.9 Å². The van der Waals surface area contributed by atoms with E-state index < -0.39 is 10.4 Å². The van der Waals surface area contributed by atoms with Crippen LogP contribution in [0.4, 0.5) is 0 Å². The largest absolute Gasteiger partial charge is 1.00 e. The number of rotatable bonds is 13. The Hall–Kier alpha value is -0.0500. The normalized spacial score (nSPS) is 32.4. The second kappa shape index (κ2) is 16.9. The van der Waals surface area contributed by atoms with E-state index in [-0.39, 0.29) is 48.4 Å². The number of Topliss-reactive ketones (excluding diaryl/α,β-unsaturated/α-hetero) is 1. The number of hydrogen-bond acceptors (Lipinski definition) is 5. The molecule has 232 valence electrons. The molecule has 1 unspecified atom stereocenters. The van der Waals surface area contributed by atoms with E-state index in [2.05, 4.69) is 25.0 Å². The quantitative estimate of drug-likeness (QED) is 0.168. The molecule has 6 atom stereocenters. The van der Waals surface area contributed by atoms with Crippen molar-refractivity contribution in [3.63, 3.8) is 0 Å². The van der Waals surface area contributed by atoms with Gasteiger partial charge in [0, 0.05) is 12.3 Å². The van der Waals surface area contributed by atoms with Crippen molar-refractivity contribution in [1.29, 1.82) is 0 Å². The molecule has 0 amide bonds. The predicted octanol–water partition coefficient (Wildman–Crippen LogP) is 5.57. The van der Waals surface area contributed by atoms with Gasteiger partial charge in [-0.25, -0.2) is 4.18 Å². The third-order valence-corrected chi connectivity index (χ3v) is 11.6. The van der Waals surface area contributed by atoms with Crippen molar-refractivity contribution >= 4 is 22.0 Å². The van der Waals surface area contributed by atoms with Crippen molar-refractivity contribution in [1.82, 2.24) is 0 Å². The summed E-state index contributed by atoms with van der Waals surface area (Å²) in [6, 6.07) is 0.